The van der Waals surface area contributed by atoms with Crippen LogP contribution in [0.4, 0.5) is 0 Å². The Labute approximate surface area is 184 Å². The van der Waals surface area contributed by atoms with Gasteiger partial charge in [0.15, 0.2) is 0 Å². The molecule has 0 fully saturated rings. The summed E-state index contributed by atoms with van der Waals surface area (Å²) in [6, 6.07) is 22.9. The van der Waals surface area contributed by atoms with Crippen molar-refractivity contribution in [1.82, 2.24) is 10.3 Å². The molecule has 30 heavy (non-hydrogen) atoms. The average molecular weight is 463 g/mol. The van der Waals surface area contributed by atoms with Crippen LogP contribution in [0.5, 0.6) is 11.5 Å². The van der Waals surface area contributed by atoms with Gasteiger partial charge in [0.1, 0.15) is 18.1 Å². The van der Waals surface area contributed by atoms with Crippen LogP contribution >= 0.6 is 15.9 Å². The Balaban J connectivity index is 1.47. The molecule has 152 valence electrons. The van der Waals surface area contributed by atoms with Crippen LogP contribution in [0.1, 0.15) is 28.4 Å². The molecule has 1 aliphatic rings. The van der Waals surface area contributed by atoms with Crippen molar-refractivity contribution >= 4 is 26.8 Å². The second-order valence-corrected chi connectivity index (χ2v) is 8.43. The summed E-state index contributed by atoms with van der Waals surface area (Å²) < 4.78 is 12.7. The van der Waals surface area contributed by atoms with E-state index >= 15 is 0 Å². The number of benzene rings is 3. The van der Waals surface area contributed by atoms with Crippen LogP contribution in [-0.4, -0.2) is 18.6 Å². The third-order valence-corrected chi connectivity index (χ3v) is 6.23. The molecular formula is C25H23BrN2O2. The smallest absolute Gasteiger partial charge is 0.125 e. The molecule has 0 spiro atoms. The minimum atomic E-state index is 0.124. The quantitative estimate of drug-likeness (QED) is 0.396. The monoisotopic (exact) mass is 462 g/mol. The summed E-state index contributed by atoms with van der Waals surface area (Å²) in [4.78, 5) is 3.65. The van der Waals surface area contributed by atoms with Gasteiger partial charge in [-0.2, -0.15) is 0 Å². The first-order valence-corrected chi connectivity index (χ1v) is 10.9. The van der Waals surface area contributed by atoms with Crippen molar-refractivity contribution in [3.63, 3.8) is 0 Å². The highest BCUT2D eigenvalue weighted by molar-refractivity contribution is 9.10. The summed E-state index contributed by atoms with van der Waals surface area (Å²) in [5, 5.41) is 5.00. The lowest BCUT2D eigenvalue weighted by Gasteiger charge is -2.25. The van der Waals surface area contributed by atoms with Gasteiger partial charge in [0.05, 0.1) is 13.2 Å². The Bertz CT molecular complexity index is 1180. The van der Waals surface area contributed by atoms with Gasteiger partial charge in [-0.3, -0.25) is 0 Å². The van der Waals surface area contributed by atoms with Gasteiger partial charge >= 0.3 is 0 Å². The van der Waals surface area contributed by atoms with Crippen LogP contribution in [0.25, 0.3) is 10.9 Å². The molecule has 1 atom stereocenters. The van der Waals surface area contributed by atoms with Crippen molar-refractivity contribution in [2.45, 2.75) is 19.1 Å². The maximum atomic E-state index is 6.02. The van der Waals surface area contributed by atoms with E-state index in [0.717, 1.165) is 34.5 Å². The molecule has 2 N–H and O–H groups in total. The molecule has 0 radical (unpaired) electrons. The molecule has 0 amide bonds. The first-order valence-electron chi connectivity index (χ1n) is 10.1. The van der Waals surface area contributed by atoms with Crippen LogP contribution in [-0.2, 0) is 13.0 Å². The van der Waals surface area contributed by atoms with Crippen LogP contribution in [0.2, 0.25) is 0 Å². The first kappa shape index (κ1) is 19.2. The van der Waals surface area contributed by atoms with Crippen molar-refractivity contribution in [3.05, 3.63) is 93.6 Å². The highest BCUT2D eigenvalue weighted by Crippen LogP contribution is 2.35. The standard InChI is InChI=1S/C25H23BrN2O2/c1-29-23-11-6-16(14-17(23)15-30-19-9-7-18(26)8-10-19)24-25-21(12-13-27-24)20-4-2-3-5-22(20)28-25/h2-11,14,24,27-28H,12-13,15H2,1H3. The summed E-state index contributed by atoms with van der Waals surface area (Å²) in [5.41, 5.74) is 6.11. The minimum Gasteiger partial charge on any atom is -0.496 e. The van der Waals surface area contributed by atoms with E-state index < -0.39 is 0 Å². The number of methoxy groups -OCH3 is 1. The minimum absolute atomic E-state index is 0.124. The number of nitrogens with one attached hydrogen (secondary N) is 2. The van der Waals surface area contributed by atoms with E-state index in [1.165, 1.54) is 27.7 Å². The number of halogens is 1. The number of H-pyrrole nitrogens is 1. The molecule has 4 aromatic rings. The van der Waals surface area contributed by atoms with Crippen LogP contribution in [0.15, 0.2) is 71.2 Å². The second-order valence-electron chi connectivity index (χ2n) is 7.51. The molecule has 5 heteroatoms. The fraction of sp³-hybridized carbons (Fsp3) is 0.200. The number of fused-ring (bicyclic) bond motifs is 3. The number of rotatable bonds is 5. The fourth-order valence-electron chi connectivity index (χ4n) is 4.25. The number of aromatic nitrogens is 1. The predicted octanol–water partition coefficient (Wildman–Crippen LogP) is 5.75. The topological polar surface area (TPSA) is 46.3 Å². The van der Waals surface area contributed by atoms with E-state index in [2.05, 4.69) is 62.6 Å². The Morgan fingerprint density at radius 3 is 2.70 bits per heavy atom. The summed E-state index contributed by atoms with van der Waals surface area (Å²) >= 11 is 3.46. The summed E-state index contributed by atoms with van der Waals surface area (Å²) in [6.07, 6.45) is 1.03. The highest BCUT2D eigenvalue weighted by atomic mass is 79.9. The van der Waals surface area contributed by atoms with Crippen LogP contribution in [0.3, 0.4) is 0 Å². The number of ether oxygens (including phenoxy) is 2. The van der Waals surface area contributed by atoms with Gasteiger partial charge in [-0.25, -0.2) is 0 Å². The van der Waals surface area contributed by atoms with Crippen molar-refractivity contribution < 1.29 is 9.47 Å². The molecule has 2 heterocycles. The van der Waals surface area contributed by atoms with Gasteiger partial charge in [0, 0.05) is 33.2 Å². The lowest BCUT2D eigenvalue weighted by molar-refractivity contribution is 0.296. The van der Waals surface area contributed by atoms with Crippen molar-refractivity contribution in [2.24, 2.45) is 0 Å². The molecule has 1 aromatic heterocycles. The van der Waals surface area contributed by atoms with Gasteiger partial charge in [-0.15, -0.1) is 0 Å². The third-order valence-electron chi connectivity index (χ3n) is 5.70. The van der Waals surface area contributed by atoms with Gasteiger partial charge < -0.3 is 19.8 Å². The lowest BCUT2D eigenvalue weighted by atomic mass is 9.93. The molecule has 0 saturated carbocycles. The van der Waals surface area contributed by atoms with Gasteiger partial charge in [0.25, 0.3) is 0 Å². The third kappa shape index (κ3) is 3.59. The van der Waals surface area contributed by atoms with E-state index in [9.17, 15) is 0 Å². The highest BCUT2D eigenvalue weighted by Gasteiger charge is 2.25. The summed E-state index contributed by atoms with van der Waals surface area (Å²) in [7, 11) is 1.70. The number of hydrogen-bond donors (Lipinski definition) is 2. The first-order chi connectivity index (χ1) is 14.7. The lowest BCUT2D eigenvalue weighted by Crippen LogP contribution is -2.30. The van der Waals surface area contributed by atoms with Crippen LogP contribution in [0, 0.1) is 0 Å². The van der Waals surface area contributed by atoms with Gasteiger partial charge in [0.2, 0.25) is 0 Å². The van der Waals surface area contributed by atoms with Crippen LogP contribution < -0.4 is 14.8 Å². The molecule has 3 aromatic carbocycles. The van der Waals surface area contributed by atoms with E-state index in [1.807, 2.05) is 30.3 Å². The molecule has 4 nitrogen and oxygen atoms in total. The maximum absolute atomic E-state index is 6.02. The SMILES string of the molecule is COc1ccc(C2NCCc3c2[nH]c2ccccc32)cc1COc1ccc(Br)cc1. The van der Waals surface area contributed by atoms with Crippen molar-refractivity contribution in [3.8, 4) is 11.5 Å². The molecule has 1 aliphatic heterocycles. The largest absolute Gasteiger partial charge is 0.496 e. The number of hydrogen-bond acceptors (Lipinski definition) is 3. The van der Waals surface area contributed by atoms with Gasteiger partial charge in [-0.1, -0.05) is 40.2 Å². The van der Waals surface area contributed by atoms with E-state index in [-0.39, 0.29) is 6.04 Å². The van der Waals surface area contributed by atoms with E-state index in [0.29, 0.717) is 6.61 Å². The van der Waals surface area contributed by atoms with E-state index in [4.69, 9.17) is 9.47 Å². The molecule has 0 bridgehead atoms. The van der Waals surface area contributed by atoms with E-state index in [1.54, 1.807) is 7.11 Å². The zero-order chi connectivity index (χ0) is 20.5. The Hall–Kier alpha value is -2.76. The number of para-hydroxylation sites is 1. The Kier molecular flexibility index (Phi) is 5.23. The molecule has 1 unspecified atom stereocenters. The average Bonchev–Trinajstić information content (AvgIpc) is 3.17. The predicted molar refractivity (Wildman–Crippen MR) is 123 cm³/mol. The Morgan fingerprint density at radius 2 is 1.87 bits per heavy atom. The molecule has 0 aliphatic carbocycles. The molecular weight excluding hydrogens is 440 g/mol. The molecule has 0 saturated heterocycles. The zero-order valence-corrected chi connectivity index (χ0v) is 18.3. The fourth-order valence-corrected chi connectivity index (χ4v) is 4.51. The Morgan fingerprint density at radius 1 is 1.03 bits per heavy atom. The summed E-state index contributed by atoms with van der Waals surface area (Å²) in [6.45, 7) is 1.40. The second kappa shape index (κ2) is 8.17. The van der Waals surface area contributed by atoms with Gasteiger partial charge in [-0.05, 0) is 60.0 Å². The van der Waals surface area contributed by atoms with Crippen molar-refractivity contribution in [1.29, 1.82) is 0 Å². The molecule has 5 rings (SSSR count). The van der Waals surface area contributed by atoms with Crippen molar-refractivity contribution in [2.75, 3.05) is 13.7 Å². The summed E-state index contributed by atoms with van der Waals surface area (Å²) in [5.74, 6) is 1.67. The maximum Gasteiger partial charge on any atom is 0.125 e. The normalized spacial score (nSPS) is 15.7. The number of aromatic amines is 1. The zero-order valence-electron chi connectivity index (χ0n) is 16.7.